The number of carbonyl (C=O) groups is 3. The Hall–Kier alpha value is -3.86. The van der Waals surface area contributed by atoms with Gasteiger partial charge in [0.2, 0.25) is 5.91 Å². The first-order chi connectivity index (χ1) is 17.7. The summed E-state index contributed by atoms with van der Waals surface area (Å²) in [7, 11) is 0. The zero-order valence-corrected chi connectivity index (χ0v) is 23.9. The van der Waals surface area contributed by atoms with Crippen molar-refractivity contribution in [1.82, 2.24) is 10.2 Å². The largest absolute Gasteiger partial charge is 0.444 e. The Morgan fingerprint density at radius 3 is 2.11 bits per heavy atom. The minimum absolute atomic E-state index is 0.336. The minimum atomic E-state index is -1.11. The Labute approximate surface area is 226 Å². The van der Waals surface area contributed by atoms with Gasteiger partial charge in [0.1, 0.15) is 24.2 Å². The van der Waals surface area contributed by atoms with E-state index in [0.717, 1.165) is 22.3 Å². The number of rotatable bonds is 8. The van der Waals surface area contributed by atoms with E-state index in [1.165, 1.54) is 4.90 Å². The number of anilines is 1. The SMILES string of the molecule is Cc1ccc(C(C(=O)Nc2c(C)cccc2C)N(CC#N)C(=O)C(NC(=O)OC(C)(C)C)C(C)C)c(C)c1. The lowest BCUT2D eigenvalue weighted by Crippen LogP contribution is -2.54. The van der Waals surface area contributed by atoms with Gasteiger partial charge in [-0.3, -0.25) is 9.59 Å². The molecular formula is C30H40N4O4. The summed E-state index contributed by atoms with van der Waals surface area (Å²) in [6.07, 6.45) is -0.746. The summed E-state index contributed by atoms with van der Waals surface area (Å²) in [5.74, 6) is -1.33. The quantitative estimate of drug-likeness (QED) is 0.446. The van der Waals surface area contributed by atoms with E-state index in [9.17, 15) is 19.6 Å². The van der Waals surface area contributed by atoms with E-state index >= 15 is 0 Å². The van der Waals surface area contributed by atoms with Crippen molar-refractivity contribution in [2.45, 2.75) is 80.0 Å². The molecule has 8 nitrogen and oxygen atoms in total. The molecule has 0 bridgehead atoms. The van der Waals surface area contributed by atoms with E-state index in [1.807, 2.05) is 70.2 Å². The smallest absolute Gasteiger partial charge is 0.408 e. The number of nitrogens with one attached hydrogen (secondary N) is 2. The third-order valence-electron chi connectivity index (χ3n) is 6.14. The fourth-order valence-corrected chi connectivity index (χ4v) is 4.29. The number of amides is 3. The van der Waals surface area contributed by atoms with Crippen molar-refractivity contribution in [3.8, 4) is 6.07 Å². The van der Waals surface area contributed by atoms with Crippen LogP contribution in [0.5, 0.6) is 0 Å². The Morgan fingerprint density at radius 1 is 1.00 bits per heavy atom. The molecular weight excluding hydrogens is 480 g/mol. The molecule has 8 heteroatoms. The standard InChI is InChI=1S/C30H40N4O4/c1-18(2)24(33-29(37)38-30(7,8)9)28(36)34(16-15-31)26(23-14-13-19(3)17-22(23)6)27(35)32-25-20(4)11-10-12-21(25)5/h10-14,17-18,24,26H,16H2,1-9H3,(H,32,35)(H,33,37). The highest BCUT2D eigenvalue weighted by atomic mass is 16.6. The van der Waals surface area contributed by atoms with E-state index in [4.69, 9.17) is 4.74 Å². The number of aryl methyl sites for hydroxylation is 4. The van der Waals surface area contributed by atoms with Crippen LogP contribution in [-0.4, -0.2) is 41.0 Å². The predicted molar refractivity (Wildman–Crippen MR) is 149 cm³/mol. The van der Waals surface area contributed by atoms with Crippen molar-refractivity contribution in [2.24, 2.45) is 5.92 Å². The second-order valence-electron chi connectivity index (χ2n) is 11.0. The zero-order chi connectivity index (χ0) is 28.8. The first-order valence-electron chi connectivity index (χ1n) is 12.8. The Kier molecular flexibility index (Phi) is 10.1. The molecule has 0 aromatic heterocycles. The van der Waals surface area contributed by atoms with Crippen LogP contribution in [-0.2, 0) is 14.3 Å². The van der Waals surface area contributed by atoms with Gasteiger partial charge in [0, 0.05) is 5.69 Å². The minimum Gasteiger partial charge on any atom is -0.444 e. The van der Waals surface area contributed by atoms with Gasteiger partial charge in [0.25, 0.3) is 5.91 Å². The first kappa shape index (κ1) is 30.4. The lowest BCUT2D eigenvalue weighted by atomic mass is 9.95. The van der Waals surface area contributed by atoms with Gasteiger partial charge in [-0.1, -0.05) is 55.8 Å². The molecule has 2 aromatic rings. The summed E-state index contributed by atoms with van der Waals surface area (Å²) < 4.78 is 5.37. The van der Waals surface area contributed by atoms with Gasteiger partial charge in [0.05, 0.1) is 6.07 Å². The highest BCUT2D eigenvalue weighted by Gasteiger charge is 2.38. The average Bonchev–Trinajstić information content (AvgIpc) is 2.79. The van der Waals surface area contributed by atoms with Gasteiger partial charge in [-0.15, -0.1) is 0 Å². The van der Waals surface area contributed by atoms with Crippen LogP contribution in [0.2, 0.25) is 0 Å². The van der Waals surface area contributed by atoms with Crippen LogP contribution < -0.4 is 10.6 Å². The predicted octanol–water partition coefficient (Wildman–Crippen LogP) is 5.50. The molecule has 38 heavy (non-hydrogen) atoms. The number of nitrogens with zero attached hydrogens (tertiary/aromatic N) is 2. The number of alkyl carbamates (subject to hydrolysis) is 1. The molecule has 0 saturated heterocycles. The van der Waals surface area contributed by atoms with Crippen LogP contribution in [0.3, 0.4) is 0 Å². The zero-order valence-electron chi connectivity index (χ0n) is 23.9. The summed E-state index contributed by atoms with van der Waals surface area (Å²) in [5.41, 5.74) is 4.07. The maximum Gasteiger partial charge on any atom is 0.408 e. The van der Waals surface area contributed by atoms with Crippen molar-refractivity contribution in [3.05, 3.63) is 64.2 Å². The molecule has 0 fully saturated rings. The van der Waals surface area contributed by atoms with E-state index in [2.05, 4.69) is 10.6 Å². The third kappa shape index (κ3) is 7.82. The number of benzene rings is 2. The Morgan fingerprint density at radius 2 is 1.61 bits per heavy atom. The Bertz CT molecular complexity index is 1200. The molecule has 2 atom stereocenters. The van der Waals surface area contributed by atoms with Crippen molar-refractivity contribution < 1.29 is 19.1 Å². The number of hydrogen-bond donors (Lipinski definition) is 2. The van der Waals surface area contributed by atoms with Crippen LogP contribution in [0, 0.1) is 44.9 Å². The summed E-state index contributed by atoms with van der Waals surface area (Å²) in [6.45, 7) is 16.0. The summed E-state index contributed by atoms with van der Waals surface area (Å²) in [5, 5.41) is 15.4. The van der Waals surface area contributed by atoms with Gasteiger partial charge in [-0.25, -0.2) is 4.79 Å². The lowest BCUT2D eigenvalue weighted by Gasteiger charge is -2.35. The molecule has 2 unspecified atom stereocenters. The molecule has 0 heterocycles. The van der Waals surface area contributed by atoms with Crippen molar-refractivity contribution in [1.29, 1.82) is 5.26 Å². The molecule has 0 radical (unpaired) electrons. The average molecular weight is 521 g/mol. The second-order valence-corrected chi connectivity index (χ2v) is 11.0. The molecule has 0 aliphatic heterocycles. The highest BCUT2D eigenvalue weighted by Crippen LogP contribution is 2.29. The number of ether oxygens (including phenoxy) is 1. The van der Waals surface area contributed by atoms with Crippen molar-refractivity contribution in [3.63, 3.8) is 0 Å². The van der Waals surface area contributed by atoms with Crippen LogP contribution in [0.25, 0.3) is 0 Å². The van der Waals surface area contributed by atoms with Crippen molar-refractivity contribution >= 4 is 23.6 Å². The van der Waals surface area contributed by atoms with Gasteiger partial charge < -0.3 is 20.3 Å². The molecule has 2 rings (SSSR count). The molecule has 3 amide bonds. The van der Waals surface area contributed by atoms with Crippen molar-refractivity contribution in [2.75, 3.05) is 11.9 Å². The normalized spacial score (nSPS) is 12.8. The molecule has 0 saturated carbocycles. The van der Waals surface area contributed by atoms with Gasteiger partial charge in [0.15, 0.2) is 0 Å². The van der Waals surface area contributed by atoms with Crippen LogP contribution in [0.4, 0.5) is 10.5 Å². The number of para-hydroxylation sites is 1. The highest BCUT2D eigenvalue weighted by molar-refractivity contribution is 6.00. The van der Waals surface area contributed by atoms with Crippen LogP contribution in [0.1, 0.15) is 68.5 Å². The summed E-state index contributed by atoms with van der Waals surface area (Å²) >= 11 is 0. The van der Waals surface area contributed by atoms with E-state index in [-0.39, 0.29) is 12.5 Å². The lowest BCUT2D eigenvalue weighted by molar-refractivity contribution is -0.141. The number of nitriles is 1. The van der Waals surface area contributed by atoms with Gasteiger partial charge >= 0.3 is 6.09 Å². The number of carbonyl (C=O) groups excluding carboxylic acids is 3. The molecule has 2 aromatic carbocycles. The van der Waals surface area contributed by atoms with E-state index in [1.54, 1.807) is 34.6 Å². The van der Waals surface area contributed by atoms with Crippen LogP contribution >= 0.6 is 0 Å². The first-order valence-corrected chi connectivity index (χ1v) is 12.8. The summed E-state index contributed by atoms with van der Waals surface area (Å²) in [4.78, 5) is 41.8. The van der Waals surface area contributed by atoms with Crippen LogP contribution in [0.15, 0.2) is 36.4 Å². The third-order valence-corrected chi connectivity index (χ3v) is 6.14. The molecule has 0 spiro atoms. The molecule has 2 N–H and O–H groups in total. The second kappa shape index (κ2) is 12.6. The van der Waals surface area contributed by atoms with Gasteiger partial charge in [-0.05, 0) is 76.6 Å². The Balaban J connectivity index is 2.59. The molecule has 0 aliphatic carbocycles. The molecule has 204 valence electrons. The number of hydrogen-bond acceptors (Lipinski definition) is 5. The maximum atomic E-state index is 14.0. The molecule has 0 aliphatic rings. The monoisotopic (exact) mass is 520 g/mol. The maximum absolute atomic E-state index is 14.0. The summed E-state index contributed by atoms with van der Waals surface area (Å²) in [6, 6.07) is 11.2. The van der Waals surface area contributed by atoms with E-state index < -0.39 is 35.6 Å². The topological polar surface area (TPSA) is 112 Å². The fraction of sp³-hybridized carbons (Fsp3) is 0.467. The fourth-order valence-electron chi connectivity index (χ4n) is 4.29. The van der Waals surface area contributed by atoms with Gasteiger partial charge in [-0.2, -0.15) is 5.26 Å². The van der Waals surface area contributed by atoms with E-state index in [0.29, 0.717) is 11.3 Å².